The molecule has 2 aliphatic rings. The van der Waals surface area contributed by atoms with Crippen LogP contribution < -0.4 is 10.6 Å². The van der Waals surface area contributed by atoms with E-state index in [1.54, 1.807) is 0 Å². The van der Waals surface area contributed by atoms with Crippen molar-refractivity contribution < 1.29 is 9.84 Å². The van der Waals surface area contributed by atoms with Gasteiger partial charge in [0.15, 0.2) is 0 Å². The minimum atomic E-state index is -0.148. The molecule has 0 amide bonds. The van der Waals surface area contributed by atoms with Crippen molar-refractivity contribution in [1.82, 2.24) is 10.6 Å². The zero-order chi connectivity index (χ0) is 11.4. The molecule has 2 unspecified atom stereocenters. The Balaban J connectivity index is 1.63. The van der Waals surface area contributed by atoms with Gasteiger partial charge < -0.3 is 20.5 Å². The third kappa shape index (κ3) is 3.42. The van der Waals surface area contributed by atoms with Crippen molar-refractivity contribution in [3.05, 3.63) is 0 Å². The highest BCUT2D eigenvalue weighted by Gasteiger charge is 2.28. The van der Waals surface area contributed by atoms with E-state index in [0.717, 1.165) is 52.1 Å². The molecule has 4 heteroatoms. The lowest BCUT2D eigenvalue weighted by molar-refractivity contribution is 0.0240. The number of aliphatic hydroxyl groups excluding tert-OH is 1. The number of aliphatic hydroxyl groups is 1. The maximum absolute atomic E-state index is 9.39. The monoisotopic (exact) mass is 228 g/mol. The van der Waals surface area contributed by atoms with Crippen molar-refractivity contribution in [1.29, 1.82) is 0 Å². The van der Waals surface area contributed by atoms with Gasteiger partial charge in [-0.1, -0.05) is 6.92 Å². The summed E-state index contributed by atoms with van der Waals surface area (Å²) < 4.78 is 5.39. The zero-order valence-electron chi connectivity index (χ0n) is 10.2. The Morgan fingerprint density at radius 1 is 1.44 bits per heavy atom. The van der Waals surface area contributed by atoms with Gasteiger partial charge in [-0.25, -0.2) is 0 Å². The fraction of sp³-hybridized carbons (Fsp3) is 1.00. The molecule has 0 radical (unpaired) electrons. The quantitative estimate of drug-likeness (QED) is 0.639. The van der Waals surface area contributed by atoms with Gasteiger partial charge in [0, 0.05) is 38.9 Å². The average molecular weight is 228 g/mol. The Hall–Kier alpha value is -0.160. The van der Waals surface area contributed by atoms with Crippen LogP contribution in [0.5, 0.6) is 0 Å². The Kier molecular flexibility index (Phi) is 4.19. The Labute approximate surface area is 97.7 Å². The van der Waals surface area contributed by atoms with E-state index >= 15 is 0 Å². The predicted octanol–water partition coefficient (Wildman–Crippen LogP) is 0.116. The smallest absolute Gasteiger partial charge is 0.0680 e. The van der Waals surface area contributed by atoms with Crippen LogP contribution in [0.3, 0.4) is 0 Å². The first-order chi connectivity index (χ1) is 7.68. The third-order valence-corrected chi connectivity index (χ3v) is 3.84. The van der Waals surface area contributed by atoms with Crippen LogP contribution in [0.4, 0.5) is 0 Å². The summed E-state index contributed by atoms with van der Waals surface area (Å²) in [6.45, 7) is 6.91. The predicted molar refractivity (Wildman–Crippen MR) is 63.4 cm³/mol. The van der Waals surface area contributed by atoms with Crippen LogP contribution in [0.15, 0.2) is 0 Å². The minimum Gasteiger partial charge on any atom is -0.392 e. The number of hydrogen-bond acceptors (Lipinski definition) is 4. The Morgan fingerprint density at radius 2 is 2.19 bits per heavy atom. The van der Waals surface area contributed by atoms with Gasteiger partial charge in [-0.05, 0) is 24.7 Å². The van der Waals surface area contributed by atoms with Gasteiger partial charge in [-0.3, -0.25) is 0 Å². The maximum Gasteiger partial charge on any atom is 0.0680 e. The normalized spacial score (nSPS) is 34.1. The fourth-order valence-electron chi connectivity index (χ4n) is 2.54. The van der Waals surface area contributed by atoms with Crippen molar-refractivity contribution in [2.24, 2.45) is 5.41 Å². The summed E-state index contributed by atoms with van der Waals surface area (Å²) in [5.74, 6) is 0. The SMILES string of the molecule is CC1(CNCC2CC(O)CN2)CCOCC1. The molecular weight excluding hydrogens is 204 g/mol. The van der Waals surface area contributed by atoms with Crippen LogP contribution in [-0.2, 0) is 4.74 Å². The summed E-state index contributed by atoms with van der Waals surface area (Å²) >= 11 is 0. The van der Waals surface area contributed by atoms with Gasteiger partial charge in [-0.15, -0.1) is 0 Å². The highest BCUT2D eigenvalue weighted by molar-refractivity contribution is 4.85. The van der Waals surface area contributed by atoms with Crippen molar-refractivity contribution in [2.45, 2.75) is 38.3 Å². The molecule has 3 N–H and O–H groups in total. The van der Waals surface area contributed by atoms with Crippen LogP contribution in [0.2, 0.25) is 0 Å². The largest absolute Gasteiger partial charge is 0.392 e. The molecule has 2 saturated heterocycles. The van der Waals surface area contributed by atoms with Crippen molar-refractivity contribution in [3.63, 3.8) is 0 Å². The van der Waals surface area contributed by atoms with Gasteiger partial charge in [0.25, 0.3) is 0 Å². The van der Waals surface area contributed by atoms with Crippen LogP contribution in [0.25, 0.3) is 0 Å². The van der Waals surface area contributed by atoms with E-state index in [0.29, 0.717) is 11.5 Å². The summed E-state index contributed by atoms with van der Waals surface area (Å²) in [4.78, 5) is 0. The van der Waals surface area contributed by atoms with Crippen LogP contribution in [-0.4, -0.2) is 50.1 Å². The molecule has 0 aliphatic carbocycles. The van der Waals surface area contributed by atoms with Crippen molar-refractivity contribution in [3.8, 4) is 0 Å². The lowest BCUT2D eigenvalue weighted by atomic mass is 9.82. The second-order valence-corrected chi connectivity index (χ2v) is 5.55. The lowest BCUT2D eigenvalue weighted by Gasteiger charge is -2.34. The van der Waals surface area contributed by atoms with Crippen LogP contribution >= 0.6 is 0 Å². The number of nitrogens with one attached hydrogen (secondary N) is 2. The molecule has 0 bridgehead atoms. The molecule has 0 spiro atoms. The maximum atomic E-state index is 9.39. The summed E-state index contributed by atoms with van der Waals surface area (Å²) in [6.07, 6.45) is 3.04. The molecule has 16 heavy (non-hydrogen) atoms. The van der Waals surface area contributed by atoms with Gasteiger partial charge in [0.2, 0.25) is 0 Å². The molecule has 0 aromatic heterocycles. The molecule has 4 nitrogen and oxygen atoms in total. The number of rotatable bonds is 4. The molecule has 2 atom stereocenters. The summed E-state index contributed by atoms with van der Waals surface area (Å²) in [5, 5.41) is 16.2. The van der Waals surface area contributed by atoms with E-state index in [-0.39, 0.29) is 6.10 Å². The first kappa shape index (κ1) is 12.3. The molecule has 2 fully saturated rings. The first-order valence-corrected chi connectivity index (χ1v) is 6.38. The van der Waals surface area contributed by atoms with Gasteiger partial charge in [-0.2, -0.15) is 0 Å². The lowest BCUT2D eigenvalue weighted by Crippen LogP contribution is -2.41. The summed E-state index contributed by atoms with van der Waals surface area (Å²) in [7, 11) is 0. The topological polar surface area (TPSA) is 53.5 Å². The van der Waals surface area contributed by atoms with Gasteiger partial charge in [0.05, 0.1) is 6.10 Å². The molecule has 0 aromatic carbocycles. The minimum absolute atomic E-state index is 0.148. The van der Waals surface area contributed by atoms with E-state index in [2.05, 4.69) is 17.6 Å². The highest BCUT2D eigenvalue weighted by atomic mass is 16.5. The average Bonchev–Trinajstić information content (AvgIpc) is 2.65. The third-order valence-electron chi connectivity index (χ3n) is 3.84. The summed E-state index contributed by atoms with van der Waals surface area (Å²) in [6, 6.07) is 0.443. The number of ether oxygens (including phenoxy) is 1. The first-order valence-electron chi connectivity index (χ1n) is 6.38. The molecule has 2 rings (SSSR count). The molecule has 2 aliphatic heterocycles. The van der Waals surface area contributed by atoms with Gasteiger partial charge in [0.1, 0.15) is 0 Å². The second kappa shape index (κ2) is 5.45. The highest BCUT2D eigenvalue weighted by Crippen LogP contribution is 2.28. The van der Waals surface area contributed by atoms with E-state index in [1.165, 1.54) is 0 Å². The second-order valence-electron chi connectivity index (χ2n) is 5.55. The fourth-order valence-corrected chi connectivity index (χ4v) is 2.54. The van der Waals surface area contributed by atoms with Crippen molar-refractivity contribution in [2.75, 3.05) is 32.8 Å². The standard InChI is InChI=1S/C12H24N2O2/c1-12(2-4-16-5-3-12)9-13-7-10-6-11(15)8-14-10/h10-11,13-15H,2-9H2,1H3. The van der Waals surface area contributed by atoms with Gasteiger partial charge >= 0.3 is 0 Å². The Morgan fingerprint density at radius 3 is 2.81 bits per heavy atom. The number of β-amino-alcohol motifs (C(OH)–C–C–N with tert-alkyl or cyclic N) is 1. The molecule has 2 heterocycles. The molecule has 0 aromatic rings. The molecule has 94 valence electrons. The number of hydrogen-bond donors (Lipinski definition) is 3. The van der Waals surface area contributed by atoms with E-state index in [1.807, 2.05) is 0 Å². The summed E-state index contributed by atoms with van der Waals surface area (Å²) in [5.41, 5.74) is 0.398. The van der Waals surface area contributed by atoms with Crippen LogP contribution in [0, 0.1) is 5.41 Å². The van der Waals surface area contributed by atoms with E-state index in [4.69, 9.17) is 4.74 Å². The molecular formula is C12H24N2O2. The zero-order valence-corrected chi connectivity index (χ0v) is 10.2. The van der Waals surface area contributed by atoms with E-state index in [9.17, 15) is 5.11 Å². The van der Waals surface area contributed by atoms with E-state index < -0.39 is 0 Å². The van der Waals surface area contributed by atoms with Crippen molar-refractivity contribution >= 4 is 0 Å². The van der Waals surface area contributed by atoms with Crippen LogP contribution in [0.1, 0.15) is 26.2 Å². The molecule has 0 saturated carbocycles. The Bertz CT molecular complexity index is 217.